The van der Waals surface area contributed by atoms with Crippen molar-refractivity contribution in [2.45, 2.75) is 78.8 Å². The Labute approximate surface area is 134 Å². The molecule has 0 rings (SSSR count). The molecule has 5 heteroatoms. The predicted molar refractivity (Wildman–Crippen MR) is 88.4 cm³/mol. The highest BCUT2D eigenvalue weighted by molar-refractivity contribution is 5.92. The van der Waals surface area contributed by atoms with Crippen LogP contribution in [-0.4, -0.2) is 29.2 Å². The normalized spacial score (nSPS) is 14.6. The fourth-order valence-corrected chi connectivity index (χ4v) is 2.38. The number of hydrogen-bond acceptors (Lipinski definition) is 3. The molecule has 0 heterocycles. The average Bonchev–Trinajstić information content (AvgIpc) is 2.35. The van der Waals surface area contributed by atoms with Crippen molar-refractivity contribution in [2.24, 2.45) is 11.8 Å². The first-order valence-electron chi connectivity index (χ1n) is 8.08. The molecule has 128 valence electrons. The molecule has 2 amide bonds. The zero-order valence-corrected chi connectivity index (χ0v) is 15.1. The highest BCUT2D eigenvalue weighted by Gasteiger charge is 2.37. The summed E-state index contributed by atoms with van der Waals surface area (Å²) >= 11 is 0. The van der Waals surface area contributed by atoms with E-state index in [-0.39, 0.29) is 23.7 Å². The van der Waals surface area contributed by atoms with Crippen molar-refractivity contribution in [2.75, 3.05) is 0 Å². The van der Waals surface area contributed by atoms with E-state index in [9.17, 15) is 14.4 Å². The van der Waals surface area contributed by atoms with E-state index in [1.54, 1.807) is 13.8 Å². The lowest BCUT2D eigenvalue weighted by atomic mass is 9.86. The van der Waals surface area contributed by atoms with Gasteiger partial charge in [0, 0.05) is 6.42 Å². The topological polar surface area (TPSA) is 75.3 Å². The molecule has 0 aliphatic carbocycles. The van der Waals surface area contributed by atoms with Gasteiger partial charge in [-0.2, -0.15) is 0 Å². The molecule has 5 nitrogen and oxygen atoms in total. The summed E-state index contributed by atoms with van der Waals surface area (Å²) in [5.74, 6) is 0.0139. The Morgan fingerprint density at radius 3 is 1.95 bits per heavy atom. The molecule has 0 saturated heterocycles. The summed E-state index contributed by atoms with van der Waals surface area (Å²) in [4.78, 5) is 35.9. The number of hydrogen-bond donors (Lipinski definition) is 2. The Bertz CT molecular complexity index is 403. The molecule has 2 N–H and O–H groups in total. The molecule has 0 bridgehead atoms. The molecule has 0 spiro atoms. The minimum atomic E-state index is -1.05. The van der Waals surface area contributed by atoms with Crippen LogP contribution in [0.5, 0.6) is 0 Å². The van der Waals surface area contributed by atoms with Gasteiger partial charge in [0.15, 0.2) is 0 Å². The number of amides is 2. The number of carbonyl (C=O) groups excluding carboxylic acids is 3. The predicted octanol–water partition coefficient (Wildman–Crippen LogP) is 2.44. The molecule has 0 aromatic heterocycles. The van der Waals surface area contributed by atoms with Gasteiger partial charge in [0.05, 0.1) is 5.54 Å². The first-order chi connectivity index (χ1) is 9.98. The van der Waals surface area contributed by atoms with Crippen molar-refractivity contribution in [1.29, 1.82) is 0 Å². The van der Waals surface area contributed by atoms with Gasteiger partial charge in [0.25, 0.3) is 0 Å². The maximum Gasteiger partial charge on any atom is 0.245 e. The van der Waals surface area contributed by atoms with Gasteiger partial charge >= 0.3 is 0 Å². The zero-order valence-electron chi connectivity index (χ0n) is 15.1. The fourth-order valence-electron chi connectivity index (χ4n) is 2.38. The second-order valence-corrected chi connectivity index (χ2v) is 7.45. The Balaban J connectivity index is 4.98. The number of nitrogens with one attached hydrogen (secondary N) is 2. The summed E-state index contributed by atoms with van der Waals surface area (Å²) in [7, 11) is 0. The molecule has 22 heavy (non-hydrogen) atoms. The van der Waals surface area contributed by atoms with Crippen LogP contribution in [0.25, 0.3) is 0 Å². The SMILES string of the molecule is CCC(C=O)(CC(C)C)NC(=O)C(C)(C)NC(=O)CC(C)C. The first-order valence-corrected chi connectivity index (χ1v) is 8.08. The first kappa shape index (κ1) is 20.6. The van der Waals surface area contributed by atoms with E-state index in [0.29, 0.717) is 19.3 Å². The summed E-state index contributed by atoms with van der Waals surface area (Å²) in [6, 6.07) is 0. The Morgan fingerprint density at radius 2 is 1.59 bits per heavy atom. The zero-order chi connectivity index (χ0) is 17.6. The van der Waals surface area contributed by atoms with Gasteiger partial charge < -0.3 is 15.4 Å². The molecule has 0 saturated carbocycles. The van der Waals surface area contributed by atoms with Crippen LogP contribution >= 0.6 is 0 Å². The molecular formula is C17H32N2O3. The van der Waals surface area contributed by atoms with E-state index >= 15 is 0 Å². The van der Waals surface area contributed by atoms with Crippen molar-refractivity contribution >= 4 is 18.1 Å². The van der Waals surface area contributed by atoms with E-state index in [1.807, 2.05) is 34.6 Å². The standard InChI is InChI=1S/C17H32N2O3/c1-8-17(11-20,10-13(4)5)19-15(22)16(6,7)18-14(21)9-12(2)3/h11-13H,8-10H2,1-7H3,(H,18,21)(H,19,22). The van der Waals surface area contributed by atoms with Gasteiger partial charge in [-0.3, -0.25) is 9.59 Å². The molecular weight excluding hydrogens is 280 g/mol. The third-order valence-electron chi connectivity index (χ3n) is 3.60. The monoisotopic (exact) mass is 312 g/mol. The van der Waals surface area contributed by atoms with Crippen LogP contribution in [0.4, 0.5) is 0 Å². The van der Waals surface area contributed by atoms with Gasteiger partial charge in [-0.05, 0) is 38.5 Å². The molecule has 0 radical (unpaired) electrons. The minimum absolute atomic E-state index is 0.160. The van der Waals surface area contributed by atoms with Crippen LogP contribution < -0.4 is 10.6 Å². The van der Waals surface area contributed by atoms with E-state index in [0.717, 1.165) is 6.29 Å². The summed E-state index contributed by atoms with van der Waals surface area (Å²) in [6.07, 6.45) is 2.29. The van der Waals surface area contributed by atoms with E-state index in [2.05, 4.69) is 10.6 Å². The largest absolute Gasteiger partial charge is 0.342 e. The van der Waals surface area contributed by atoms with E-state index in [1.165, 1.54) is 0 Å². The van der Waals surface area contributed by atoms with Gasteiger partial charge in [-0.25, -0.2) is 0 Å². The smallest absolute Gasteiger partial charge is 0.245 e. The van der Waals surface area contributed by atoms with Crippen molar-refractivity contribution < 1.29 is 14.4 Å². The second kappa shape index (κ2) is 8.30. The summed E-state index contributed by atoms with van der Waals surface area (Å²) in [5.41, 5.74) is -1.92. The van der Waals surface area contributed by atoms with Crippen LogP contribution in [0.1, 0.15) is 67.7 Å². The van der Waals surface area contributed by atoms with Crippen LogP contribution in [-0.2, 0) is 14.4 Å². The van der Waals surface area contributed by atoms with E-state index < -0.39 is 11.1 Å². The van der Waals surface area contributed by atoms with Crippen LogP contribution in [0.3, 0.4) is 0 Å². The van der Waals surface area contributed by atoms with Crippen molar-refractivity contribution in [3.63, 3.8) is 0 Å². The highest BCUT2D eigenvalue weighted by Crippen LogP contribution is 2.20. The van der Waals surface area contributed by atoms with E-state index in [4.69, 9.17) is 0 Å². The van der Waals surface area contributed by atoms with Gasteiger partial charge in [0.1, 0.15) is 11.8 Å². The van der Waals surface area contributed by atoms with Gasteiger partial charge in [-0.1, -0.05) is 34.6 Å². The molecule has 0 fully saturated rings. The quantitative estimate of drug-likeness (QED) is 0.642. The highest BCUT2D eigenvalue weighted by atomic mass is 16.2. The summed E-state index contributed by atoms with van der Waals surface area (Å²) in [6.45, 7) is 13.1. The Morgan fingerprint density at radius 1 is 1.05 bits per heavy atom. The van der Waals surface area contributed by atoms with Crippen molar-refractivity contribution in [3.05, 3.63) is 0 Å². The fraction of sp³-hybridized carbons (Fsp3) is 0.824. The number of rotatable bonds is 9. The lowest BCUT2D eigenvalue weighted by Gasteiger charge is -2.34. The number of aldehydes is 1. The third kappa shape index (κ3) is 6.58. The van der Waals surface area contributed by atoms with Gasteiger partial charge in [0.2, 0.25) is 11.8 Å². The van der Waals surface area contributed by atoms with Crippen molar-refractivity contribution in [1.82, 2.24) is 10.6 Å². The lowest BCUT2D eigenvalue weighted by molar-refractivity contribution is -0.135. The Hall–Kier alpha value is -1.39. The van der Waals surface area contributed by atoms with Crippen molar-refractivity contribution in [3.8, 4) is 0 Å². The van der Waals surface area contributed by atoms with Crippen LogP contribution in [0, 0.1) is 11.8 Å². The molecule has 0 aliphatic heterocycles. The third-order valence-corrected chi connectivity index (χ3v) is 3.60. The average molecular weight is 312 g/mol. The lowest BCUT2D eigenvalue weighted by Crippen LogP contribution is -2.61. The molecule has 0 aromatic rings. The summed E-state index contributed by atoms with van der Waals surface area (Å²) in [5, 5.41) is 5.58. The minimum Gasteiger partial charge on any atom is -0.342 e. The molecule has 1 unspecified atom stereocenters. The summed E-state index contributed by atoms with van der Waals surface area (Å²) < 4.78 is 0. The second-order valence-electron chi connectivity index (χ2n) is 7.45. The molecule has 1 atom stereocenters. The maximum atomic E-state index is 12.5. The molecule has 0 aliphatic rings. The van der Waals surface area contributed by atoms with Crippen LogP contribution in [0.2, 0.25) is 0 Å². The maximum absolute atomic E-state index is 12.5. The van der Waals surface area contributed by atoms with Crippen LogP contribution in [0.15, 0.2) is 0 Å². The Kier molecular flexibility index (Phi) is 7.77. The number of carbonyl (C=O) groups is 3. The van der Waals surface area contributed by atoms with Gasteiger partial charge in [-0.15, -0.1) is 0 Å². The molecule has 0 aromatic carbocycles.